The highest BCUT2D eigenvalue weighted by Gasteiger charge is 2.19. The van der Waals surface area contributed by atoms with Crippen molar-refractivity contribution in [3.8, 4) is 5.75 Å². The third-order valence-corrected chi connectivity index (χ3v) is 4.36. The molecule has 18 heavy (non-hydrogen) atoms. The van der Waals surface area contributed by atoms with E-state index in [1.165, 1.54) is 24.3 Å². The quantitative estimate of drug-likeness (QED) is 0.864. The fourth-order valence-electron chi connectivity index (χ4n) is 1.88. The van der Waals surface area contributed by atoms with Crippen LogP contribution in [0.15, 0.2) is 29.2 Å². The number of aromatic hydroxyl groups is 1. The van der Waals surface area contributed by atoms with E-state index in [0.29, 0.717) is 13.2 Å². The predicted molar refractivity (Wildman–Crippen MR) is 66.9 cm³/mol. The minimum atomic E-state index is -3.52. The molecule has 1 atom stereocenters. The summed E-state index contributed by atoms with van der Waals surface area (Å²) < 4.78 is 31.9. The average molecular weight is 271 g/mol. The lowest BCUT2D eigenvalue weighted by Gasteiger charge is -2.22. The largest absolute Gasteiger partial charge is 0.508 e. The van der Waals surface area contributed by atoms with Gasteiger partial charge >= 0.3 is 0 Å². The van der Waals surface area contributed by atoms with E-state index in [9.17, 15) is 8.42 Å². The van der Waals surface area contributed by atoms with Crippen LogP contribution in [0, 0.1) is 0 Å². The van der Waals surface area contributed by atoms with Gasteiger partial charge in [-0.15, -0.1) is 0 Å². The van der Waals surface area contributed by atoms with Crippen molar-refractivity contribution in [3.05, 3.63) is 24.3 Å². The number of phenols is 1. The third-order valence-electron chi connectivity index (χ3n) is 2.92. The number of sulfonamides is 1. The van der Waals surface area contributed by atoms with Crippen LogP contribution in [0.4, 0.5) is 0 Å². The van der Waals surface area contributed by atoms with Gasteiger partial charge < -0.3 is 9.84 Å². The molecule has 1 aromatic carbocycles. The molecule has 0 spiro atoms. The Morgan fingerprint density at radius 2 is 2.00 bits per heavy atom. The minimum absolute atomic E-state index is 0.0364. The van der Waals surface area contributed by atoms with E-state index in [1.807, 2.05) is 0 Å². The van der Waals surface area contributed by atoms with E-state index in [0.717, 1.165) is 19.3 Å². The van der Waals surface area contributed by atoms with Crippen LogP contribution in [0.5, 0.6) is 5.75 Å². The number of nitrogens with one attached hydrogen (secondary N) is 1. The molecule has 6 heteroatoms. The van der Waals surface area contributed by atoms with Crippen molar-refractivity contribution in [1.29, 1.82) is 0 Å². The Hall–Kier alpha value is -1.11. The number of hydrogen-bond donors (Lipinski definition) is 2. The van der Waals surface area contributed by atoms with Gasteiger partial charge in [0.2, 0.25) is 10.0 Å². The second-order valence-corrected chi connectivity index (χ2v) is 6.10. The van der Waals surface area contributed by atoms with Gasteiger partial charge in [0.15, 0.2) is 0 Å². The molecule has 0 amide bonds. The highest BCUT2D eigenvalue weighted by molar-refractivity contribution is 7.89. The monoisotopic (exact) mass is 271 g/mol. The van der Waals surface area contributed by atoms with Gasteiger partial charge in [-0.1, -0.05) is 0 Å². The van der Waals surface area contributed by atoms with Gasteiger partial charge in [0, 0.05) is 13.2 Å². The molecule has 100 valence electrons. The molecule has 1 unspecified atom stereocenters. The van der Waals surface area contributed by atoms with Crippen LogP contribution >= 0.6 is 0 Å². The van der Waals surface area contributed by atoms with E-state index < -0.39 is 10.0 Å². The number of benzene rings is 1. The van der Waals surface area contributed by atoms with Gasteiger partial charge in [-0.2, -0.15) is 0 Å². The Balaban J connectivity index is 1.96. The Kier molecular flexibility index (Phi) is 4.21. The standard InChI is InChI=1S/C12H17NO4S/c14-10-4-6-12(7-5-10)18(15,16)13-9-11-3-1-2-8-17-11/h4-7,11,13-14H,1-3,8-9H2. The summed E-state index contributed by atoms with van der Waals surface area (Å²) in [5.74, 6) is 0.0459. The number of ether oxygens (including phenoxy) is 1. The van der Waals surface area contributed by atoms with Crippen LogP contribution in [0.1, 0.15) is 19.3 Å². The second kappa shape index (κ2) is 5.69. The molecule has 1 aliphatic heterocycles. The van der Waals surface area contributed by atoms with Gasteiger partial charge in [0.25, 0.3) is 0 Å². The highest BCUT2D eigenvalue weighted by atomic mass is 32.2. The number of phenolic OH excluding ortho intramolecular Hbond substituents is 1. The molecule has 0 saturated carbocycles. The summed E-state index contributed by atoms with van der Waals surface area (Å²) in [6, 6.07) is 5.45. The van der Waals surface area contributed by atoms with Crippen molar-refractivity contribution in [2.45, 2.75) is 30.3 Å². The van der Waals surface area contributed by atoms with E-state index >= 15 is 0 Å². The Bertz CT molecular complexity index is 477. The first-order valence-corrected chi connectivity index (χ1v) is 7.46. The second-order valence-electron chi connectivity index (χ2n) is 4.33. The van der Waals surface area contributed by atoms with Crippen molar-refractivity contribution in [2.75, 3.05) is 13.2 Å². The summed E-state index contributed by atoms with van der Waals surface area (Å²) in [5, 5.41) is 9.12. The van der Waals surface area contributed by atoms with Gasteiger partial charge in [-0.3, -0.25) is 0 Å². The molecule has 0 radical (unpaired) electrons. The van der Waals surface area contributed by atoms with Gasteiger partial charge in [0.05, 0.1) is 11.0 Å². The molecule has 5 nitrogen and oxygen atoms in total. The predicted octanol–water partition coefficient (Wildman–Crippen LogP) is 1.24. The molecule has 0 bridgehead atoms. The van der Waals surface area contributed by atoms with Crippen LogP contribution in [-0.4, -0.2) is 32.8 Å². The fourth-order valence-corrected chi connectivity index (χ4v) is 2.95. The maximum Gasteiger partial charge on any atom is 0.240 e. The van der Waals surface area contributed by atoms with Crippen molar-refractivity contribution in [2.24, 2.45) is 0 Å². The maximum atomic E-state index is 11.9. The summed E-state index contributed by atoms with van der Waals surface area (Å²) in [7, 11) is -3.52. The normalized spacial score (nSPS) is 20.8. The van der Waals surface area contributed by atoms with Gasteiger partial charge in [-0.25, -0.2) is 13.1 Å². The number of hydrogen-bond acceptors (Lipinski definition) is 4. The molecule has 1 heterocycles. The molecular weight excluding hydrogens is 254 g/mol. The lowest BCUT2D eigenvalue weighted by Crippen LogP contribution is -2.35. The molecule has 1 saturated heterocycles. The maximum absolute atomic E-state index is 11.9. The minimum Gasteiger partial charge on any atom is -0.508 e. The van der Waals surface area contributed by atoms with E-state index in [1.54, 1.807) is 0 Å². The molecule has 2 rings (SSSR count). The summed E-state index contributed by atoms with van der Waals surface area (Å²) in [5.41, 5.74) is 0. The van der Waals surface area contributed by atoms with Crippen molar-refractivity contribution >= 4 is 10.0 Å². The smallest absolute Gasteiger partial charge is 0.240 e. The summed E-state index contributed by atoms with van der Waals surface area (Å²) in [6.45, 7) is 0.995. The van der Waals surface area contributed by atoms with Crippen LogP contribution in [-0.2, 0) is 14.8 Å². The molecule has 1 aromatic rings. The summed E-state index contributed by atoms with van der Waals surface area (Å²) >= 11 is 0. The first-order valence-electron chi connectivity index (χ1n) is 5.98. The zero-order valence-corrected chi connectivity index (χ0v) is 10.8. The van der Waals surface area contributed by atoms with Crippen LogP contribution in [0.2, 0.25) is 0 Å². The summed E-state index contributed by atoms with van der Waals surface area (Å²) in [6.07, 6.45) is 2.97. The molecule has 1 aliphatic rings. The van der Waals surface area contributed by atoms with Crippen molar-refractivity contribution < 1.29 is 18.3 Å². The molecule has 0 aromatic heterocycles. The van der Waals surface area contributed by atoms with E-state index in [2.05, 4.69) is 4.72 Å². The Morgan fingerprint density at radius 1 is 1.28 bits per heavy atom. The molecule has 0 aliphatic carbocycles. The van der Waals surface area contributed by atoms with Crippen molar-refractivity contribution in [3.63, 3.8) is 0 Å². The molecular formula is C12H17NO4S. The fraction of sp³-hybridized carbons (Fsp3) is 0.500. The Morgan fingerprint density at radius 3 is 2.61 bits per heavy atom. The molecule has 1 fully saturated rings. The lowest BCUT2D eigenvalue weighted by atomic mass is 10.1. The zero-order chi connectivity index (χ0) is 13.0. The van der Waals surface area contributed by atoms with Crippen LogP contribution < -0.4 is 4.72 Å². The van der Waals surface area contributed by atoms with E-state index in [-0.39, 0.29) is 16.7 Å². The first-order chi connectivity index (χ1) is 8.58. The lowest BCUT2D eigenvalue weighted by molar-refractivity contribution is 0.0200. The number of rotatable bonds is 4. The first kappa shape index (κ1) is 13.3. The van der Waals surface area contributed by atoms with Gasteiger partial charge in [-0.05, 0) is 43.5 Å². The molecule has 2 N–H and O–H groups in total. The Labute approximate surface area is 107 Å². The van der Waals surface area contributed by atoms with Crippen LogP contribution in [0.3, 0.4) is 0 Å². The average Bonchev–Trinajstić information content (AvgIpc) is 2.38. The van der Waals surface area contributed by atoms with Gasteiger partial charge in [0.1, 0.15) is 5.75 Å². The topological polar surface area (TPSA) is 75.6 Å². The van der Waals surface area contributed by atoms with Crippen molar-refractivity contribution in [1.82, 2.24) is 4.72 Å². The SMILES string of the molecule is O=S(=O)(NCC1CCCCO1)c1ccc(O)cc1. The zero-order valence-electron chi connectivity index (χ0n) is 10.0. The van der Waals surface area contributed by atoms with E-state index in [4.69, 9.17) is 9.84 Å². The highest BCUT2D eigenvalue weighted by Crippen LogP contribution is 2.15. The third kappa shape index (κ3) is 3.44. The summed E-state index contributed by atoms with van der Waals surface area (Å²) in [4.78, 5) is 0.149. The van der Waals surface area contributed by atoms with Crippen LogP contribution in [0.25, 0.3) is 0 Å².